The summed E-state index contributed by atoms with van der Waals surface area (Å²) in [6.07, 6.45) is -3.88. The van der Waals surface area contributed by atoms with Crippen molar-refractivity contribution in [3.8, 4) is 0 Å². The number of benzene rings is 1. The maximum absolute atomic E-state index is 13.3. The van der Waals surface area contributed by atoms with E-state index in [1.807, 2.05) is 0 Å². The van der Waals surface area contributed by atoms with Gasteiger partial charge in [0.1, 0.15) is 5.82 Å². The number of hydrogen-bond donors (Lipinski definition) is 1. The van der Waals surface area contributed by atoms with Gasteiger partial charge in [-0.3, -0.25) is 4.79 Å². The second-order valence-corrected chi connectivity index (χ2v) is 5.19. The number of amides is 1. The number of carbonyl (C=O) groups excluding carboxylic acids is 1. The van der Waals surface area contributed by atoms with Crippen LogP contribution in [0.25, 0.3) is 0 Å². The molecule has 1 aliphatic heterocycles. The van der Waals surface area contributed by atoms with Gasteiger partial charge >= 0.3 is 6.18 Å². The summed E-state index contributed by atoms with van der Waals surface area (Å²) in [6.45, 7) is 1.68. The van der Waals surface area contributed by atoms with E-state index in [1.54, 1.807) is 7.05 Å². The van der Waals surface area contributed by atoms with E-state index in [0.29, 0.717) is 25.2 Å². The largest absolute Gasteiger partial charge is 0.416 e. The van der Waals surface area contributed by atoms with E-state index in [-0.39, 0.29) is 11.5 Å². The molecule has 0 bridgehead atoms. The summed E-state index contributed by atoms with van der Waals surface area (Å²) in [5.41, 5.74) is -1.40. The van der Waals surface area contributed by atoms with Gasteiger partial charge in [0.25, 0.3) is 5.91 Å². The molecule has 21 heavy (non-hydrogen) atoms. The molecule has 0 saturated carbocycles. The highest BCUT2D eigenvalue weighted by atomic mass is 19.4. The maximum Gasteiger partial charge on any atom is 0.416 e. The van der Waals surface area contributed by atoms with Crippen molar-refractivity contribution in [2.24, 2.45) is 5.92 Å². The van der Waals surface area contributed by atoms with Crippen molar-refractivity contribution >= 4 is 5.91 Å². The Morgan fingerprint density at radius 1 is 1.38 bits per heavy atom. The second kappa shape index (κ2) is 6.01. The molecule has 1 aliphatic rings. The monoisotopic (exact) mass is 304 g/mol. The molecule has 1 saturated heterocycles. The number of rotatable bonds is 3. The Morgan fingerprint density at radius 2 is 2.10 bits per heavy atom. The predicted molar refractivity (Wildman–Crippen MR) is 69.3 cm³/mol. The fourth-order valence-corrected chi connectivity index (χ4v) is 2.53. The first kappa shape index (κ1) is 15.8. The van der Waals surface area contributed by atoms with E-state index < -0.39 is 23.5 Å². The van der Waals surface area contributed by atoms with Gasteiger partial charge in [-0.2, -0.15) is 13.2 Å². The average molecular weight is 304 g/mol. The molecule has 0 radical (unpaired) electrons. The van der Waals surface area contributed by atoms with Crippen molar-refractivity contribution in [2.75, 3.05) is 26.7 Å². The zero-order chi connectivity index (χ0) is 15.6. The second-order valence-electron chi connectivity index (χ2n) is 5.19. The lowest BCUT2D eigenvalue weighted by Crippen LogP contribution is -2.30. The molecular formula is C14H16F4N2O. The van der Waals surface area contributed by atoms with Crippen molar-refractivity contribution in [1.82, 2.24) is 10.2 Å². The van der Waals surface area contributed by atoms with Crippen LogP contribution in [-0.4, -0.2) is 37.5 Å². The molecule has 1 N–H and O–H groups in total. The Hall–Kier alpha value is -1.63. The highest BCUT2D eigenvalue weighted by Crippen LogP contribution is 2.31. The SMILES string of the molecule is CNC[C@H]1CCN(C(=O)c2cc(F)cc(C(F)(F)F)c2)C1. The Kier molecular flexibility index (Phi) is 4.51. The first-order valence-electron chi connectivity index (χ1n) is 6.63. The molecule has 116 valence electrons. The van der Waals surface area contributed by atoms with Crippen molar-refractivity contribution in [1.29, 1.82) is 0 Å². The molecule has 2 rings (SSSR count). The number of nitrogens with one attached hydrogen (secondary N) is 1. The van der Waals surface area contributed by atoms with E-state index >= 15 is 0 Å². The van der Waals surface area contributed by atoms with E-state index in [2.05, 4.69) is 5.32 Å². The fraction of sp³-hybridized carbons (Fsp3) is 0.500. The van der Waals surface area contributed by atoms with Gasteiger partial charge in [-0.05, 0) is 44.1 Å². The van der Waals surface area contributed by atoms with Crippen LogP contribution >= 0.6 is 0 Å². The van der Waals surface area contributed by atoms with E-state index in [0.717, 1.165) is 19.0 Å². The lowest BCUT2D eigenvalue weighted by molar-refractivity contribution is -0.137. The highest BCUT2D eigenvalue weighted by Gasteiger charge is 2.33. The van der Waals surface area contributed by atoms with Gasteiger partial charge in [0.15, 0.2) is 0 Å². The topological polar surface area (TPSA) is 32.3 Å². The van der Waals surface area contributed by atoms with Crippen LogP contribution in [0.15, 0.2) is 18.2 Å². The zero-order valence-corrected chi connectivity index (χ0v) is 11.5. The average Bonchev–Trinajstić information content (AvgIpc) is 2.85. The number of halogens is 4. The summed E-state index contributed by atoms with van der Waals surface area (Å²) in [6, 6.07) is 1.95. The third-order valence-electron chi connectivity index (χ3n) is 3.54. The van der Waals surface area contributed by atoms with Crippen LogP contribution in [0.2, 0.25) is 0 Å². The molecule has 1 amide bonds. The summed E-state index contributed by atoms with van der Waals surface area (Å²) in [5, 5.41) is 3.00. The Balaban J connectivity index is 2.18. The van der Waals surface area contributed by atoms with Gasteiger partial charge < -0.3 is 10.2 Å². The van der Waals surface area contributed by atoms with Gasteiger partial charge in [0.05, 0.1) is 5.56 Å². The van der Waals surface area contributed by atoms with E-state index in [1.165, 1.54) is 4.90 Å². The number of nitrogens with zero attached hydrogens (tertiary/aromatic N) is 1. The molecule has 1 heterocycles. The third kappa shape index (κ3) is 3.72. The highest BCUT2D eigenvalue weighted by molar-refractivity contribution is 5.94. The lowest BCUT2D eigenvalue weighted by atomic mass is 10.1. The molecule has 0 spiro atoms. The van der Waals surface area contributed by atoms with E-state index in [4.69, 9.17) is 0 Å². The number of likely N-dealkylation sites (tertiary alicyclic amines) is 1. The van der Waals surface area contributed by atoms with Gasteiger partial charge in [-0.1, -0.05) is 0 Å². The third-order valence-corrected chi connectivity index (χ3v) is 3.54. The molecule has 3 nitrogen and oxygen atoms in total. The Bertz CT molecular complexity index is 530. The minimum absolute atomic E-state index is 0.257. The maximum atomic E-state index is 13.3. The van der Waals surface area contributed by atoms with Crippen LogP contribution in [0.4, 0.5) is 17.6 Å². The van der Waals surface area contributed by atoms with Gasteiger partial charge in [-0.25, -0.2) is 4.39 Å². The Labute approximate surface area is 119 Å². The molecule has 0 aromatic heterocycles. The summed E-state index contributed by atoms with van der Waals surface area (Å²) >= 11 is 0. The summed E-state index contributed by atoms with van der Waals surface area (Å²) in [7, 11) is 1.80. The van der Waals surface area contributed by atoms with Gasteiger partial charge in [-0.15, -0.1) is 0 Å². The number of carbonyl (C=O) groups is 1. The van der Waals surface area contributed by atoms with Crippen molar-refractivity contribution in [2.45, 2.75) is 12.6 Å². The van der Waals surface area contributed by atoms with Crippen LogP contribution < -0.4 is 5.32 Å². The summed E-state index contributed by atoms with van der Waals surface area (Å²) in [4.78, 5) is 13.7. The number of hydrogen-bond acceptors (Lipinski definition) is 2. The summed E-state index contributed by atoms with van der Waals surface area (Å²) < 4.78 is 51.3. The van der Waals surface area contributed by atoms with Gasteiger partial charge in [0.2, 0.25) is 0 Å². The fourth-order valence-electron chi connectivity index (χ4n) is 2.53. The van der Waals surface area contributed by atoms with E-state index in [9.17, 15) is 22.4 Å². The van der Waals surface area contributed by atoms with Gasteiger partial charge in [0, 0.05) is 18.7 Å². The molecule has 7 heteroatoms. The quantitative estimate of drug-likeness (QED) is 0.870. The first-order chi connectivity index (χ1) is 9.81. The molecular weight excluding hydrogens is 288 g/mol. The predicted octanol–water partition coefficient (Wildman–Crippen LogP) is 2.53. The smallest absolute Gasteiger partial charge is 0.338 e. The zero-order valence-electron chi connectivity index (χ0n) is 11.5. The molecule has 1 aromatic rings. The number of alkyl halides is 3. The van der Waals surface area contributed by atoms with Crippen LogP contribution in [0.5, 0.6) is 0 Å². The van der Waals surface area contributed by atoms with Crippen molar-refractivity contribution < 1.29 is 22.4 Å². The van der Waals surface area contributed by atoms with Crippen LogP contribution in [0.1, 0.15) is 22.3 Å². The molecule has 1 aromatic carbocycles. The van der Waals surface area contributed by atoms with Crippen LogP contribution in [0.3, 0.4) is 0 Å². The standard InChI is InChI=1S/C14H16F4N2O/c1-19-7-9-2-3-20(8-9)13(21)10-4-11(14(16,17)18)6-12(15)5-10/h4-6,9,19H,2-3,7-8H2,1H3/t9-/m1/s1. The minimum atomic E-state index is -4.67. The normalized spacial score (nSPS) is 19.1. The lowest BCUT2D eigenvalue weighted by Gasteiger charge is -2.17. The van der Waals surface area contributed by atoms with Crippen LogP contribution in [-0.2, 0) is 6.18 Å². The molecule has 1 fully saturated rings. The molecule has 1 atom stereocenters. The molecule has 0 unspecified atom stereocenters. The van der Waals surface area contributed by atoms with Crippen molar-refractivity contribution in [3.63, 3.8) is 0 Å². The van der Waals surface area contributed by atoms with Crippen LogP contribution in [0, 0.1) is 11.7 Å². The molecule has 0 aliphatic carbocycles. The minimum Gasteiger partial charge on any atom is -0.338 e. The van der Waals surface area contributed by atoms with Crippen molar-refractivity contribution in [3.05, 3.63) is 35.1 Å². The summed E-state index contributed by atoms with van der Waals surface area (Å²) in [5.74, 6) is -1.34. The Morgan fingerprint density at radius 3 is 2.71 bits per heavy atom. The first-order valence-corrected chi connectivity index (χ1v) is 6.63.